The molecule has 0 radical (unpaired) electrons. The Labute approximate surface area is 253 Å². The predicted molar refractivity (Wildman–Crippen MR) is 160 cm³/mol. The molecule has 10 nitrogen and oxygen atoms in total. The van der Waals surface area contributed by atoms with Crippen molar-refractivity contribution < 1.29 is 19.4 Å². The molecule has 218 valence electrons. The van der Waals surface area contributed by atoms with E-state index < -0.39 is 6.29 Å². The Balaban J connectivity index is 1.16. The first-order valence-corrected chi connectivity index (χ1v) is 14.9. The third kappa shape index (κ3) is 7.15. The van der Waals surface area contributed by atoms with Gasteiger partial charge in [-0.15, -0.1) is 5.10 Å². The number of aliphatic hydroxyl groups excluding tert-OH is 1. The summed E-state index contributed by atoms with van der Waals surface area (Å²) < 4.78 is 14.7. The fourth-order valence-electron chi connectivity index (χ4n) is 4.76. The monoisotopic (exact) mass is 594 g/mol. The van der Waals surface area contributed by atoms with E-state index in [4.69, 9.17) is 9.47 Å². The topological polar surface area (TPSA) is 124 Å². The molecule has 1 amide bonds. The molecule has 0 bridgehead atoms. The summed E-state index contributed by atoms with van der Waals surface area (Å²) in [4.78, 5) is 16.4. The number of rotatable bonds is 10. The third-order valence-electron chi connectivity index (χ3n) is 7.08. The van der Waals surface area contributed by atoms with Crippen molar-refractivity contribution in [3.8, 4) is 5.69 Å². The summed E-state index contributed by atoms with van der Waals surface area (Å²) in [5.74, 6) is 0.446. The molecule has 1 fully saturated rings. The van der Waals surface area contributed by atoms with Crippen LogP contribution in [0.25, 0.3) is 5.69 Å². The highest BCUT2D eigenvalue weighted by Crippen LogP contribution is 2.39. The Kier molecular flexibility index (Phi) is 9.14. The minimum Gasteiger partial charge on any atom is -0.392 e. The van der Waals surface area contributed by atoms with E-state index in [0.29, 0.717) is 29.4 Å². The van der Waals surface area contributed by atoms with Crippen molar-refractivity contribution in [2.24, 2.45) is 0 Å². The Morgan fingerprint density at radius 1 is 0.930 bits per heavy atom. The number of carbonyl (C=O) groups is 1. The first-order valence-electron chi connectivity index (χ1n) is 13.9. The van der Waals surface area contributed by atoms with E-state index >= 15 is 0 Å². The van der Waals surface area contributed by atoms with Gasteiger partial charge in [0.15, 0.2) is 6.29 Å². The number of aromatic nitrogens is 5. The number of hydrogen-bond acceptors (Lipinski definition) is 9. The van der Waals surface area contributed by atoms with Gasteiger partial charge in [0.05, 0.1) is 30.1 Å². The Hall–Kier alpha value is -4.42. The van der Waals surface area contributed by atoms with Crippen molar-refractivity contribution in [2.45, 2.75) is 43.2 Å². The summed E-state index contributed by atoms with van der Waals surface area (Å²) >= 11 is 1.53. The molecule has 5 aromatic rings. The average molecular weight is 595 g/mol. The first kappa shape index (κ1) is 28.7. The van der Waals surface area contributed by atoms with Crippen LogP contribution in [-0.4, -0.2) is 48.1 Å². The second-order valence-corrected chi connectivity index (χ2v) is 11.0. The molecule has 2 aromatic heterocycles. The zero-order valence-electron chi connectivity index (χ0n) is 23.2. The van der Waals surface area contributed by atoms with Crippen LogP contribution in [0.4, 0.5) is 0 Å². The van der Waals surface area contributed by atoms with Crippen LogP contribution in [0, 0.1) is 0 Å². The van der Waals surface area contributed by atoms with E-state index in [1.807, 2.05) is 78.9 Å². The number of nitrogens with zero attached hydrogens (tertiary/aromatic N) is 5. The van der Waals surface area contributed by atoms with E-state index in [0.717, 1.165) is 27.9 Å². The number of hydrogen-bond donors (Lipinski definition) is 2. The van der Waals surface area contributed by atoms with E-state index in [9.17, 15) is 9.90 Å². The van der Waals surface area contributed by atoms with Crippen molar-refractivity contribution in [2.75, 3.05) is 5.75 Å². The maximum absolute atomic E-state index is 12.4. The highest BCUT2D eigenvalue weighted by Gasteiger charge is 2.32. The van der Waals surface area contributed by atoms with Gasteiger partial charge >= 0.3 is 0 Å². The molecular weight excluding hydrogens is 564 g/mol. The van der Waals surface area contributed by atoms with Crippen LogP contribution in [-0.2, 0) is 22.6 Å². The van der Waals surface area contributed by atoms with Gasteiger partial charge in [-0.1, -0.05) is 78.5 Å². The molecule has 1 saturated heterocycles. The maximum atomic E-state index is 12.4. The van der Waals surface area contributed by atoms with Crippen molar-refractivity contribution in [1.29, 1.82) is 0 Å². The van der Waals surface area contributed by atoms with Crippen molar-refractivity contribution in [3.05, 3.63) is 131 Å². The molecule has 6 rings (SSSR count). The molecule has 3 aromatic carbocycles. The third-order valence-corrected chi connectivity index (χ3v) is 8.13. The van der Waals surface area contributed by atoms with E-state index in [-0.39, 0.29) is 24.7 Å². The molecule has 1 aliphatic rings. The lowest BCUT2D eigenvalue weighted by atomic mass is 10.0. The number of para-hydroxylation sites is 1. The predicted octanol–water partition coefficient (Wildman–Crippen LogP) is 4.82. The molecule has 3 atom stereocenters. The number of pyridine rings is 1. The zero-order valence-corrected chi connectivity index (χ0v) is 24.0. The van der Waals surface area contributed by atoms with Crippen LogP contribution >= 0.6 is 11.8 Å². The van der Waals surface area contributed by atoms with Gasteiger partial charge in [-0.25, -0.2) is 0 Å². The van der Waals surface area contributed by atoms with Crippen LogP contribution in [0.2, 0.25) is 0 Å². The normalized spacial score (nSPS) is 18.3. The van der Waals surface area contributed by atoms with Gasteiger partial charge in [0, 0.05) is 36.7 Å². The van der Waals surface area contributed by atoms with Crippen molar-refractivity contribution >= 4 is 17.7 Å². The lowest BCUT2D eigenvalue weighted by molar-refractivity contribution is -0.245. The second-order valence-electron chi connectivity index (χ2n) is 10.0. The number of carbonyl (C=O) groups excluding carboxylic acids is 1. The van der Waals surface area contributed by atoms with Crippen molar-refractivity contribution in [1.82, 2.24) is 30.5 Å². The maximum Gasteiger partial charge on any atom is 0.253 e. The fraction of sp³-hybridized carbons (Fsp3) is 0.219. The zero-order chi connectivity index (χ0) is 29.4. The number of thioether (sulfide) groups is 1. The smallest absolute Gasteiger partial charge is 0.253 e. The standard InChI is InChI=1S/C32H30N6O4S/c39-20-23-10-12-24(13-11-23)29-17-28(21-43-32-35-36-37-38(32)27-6-2-1-3-7-27)41-31(42-29)25-14-8-22(9-15-25)18-34-30(40)26-5-4-16-33-19-26/h1-16,19,28-29,31,39H,17-18,20-21H2,(H,34,40). The van der Waals surface area contributed by atoms with Crippen LogP contribution < -0.4 is 5.32 Å². The molecule has 0 aliphatic carbocycles. The number of aliphatic hydroxyl groups is 1. The molecule has 0 saturated carbocycles. The second kappa shape index (κ2) is 13.7. The van der Waals surface area contributed by atoms with Crippen LogP contribution in [0.1, 0.15) is 51.4 Å². The van der Waals surface area contributed by atoms with Crippen LogP contribution in [0.3, 0.4) is 0 Å². The lowest BCUT2D eigenvalue weighted by Gasteiger charge is -2.36. The fourth-order valence-corrected chi connectivity index (χ4v) is 5.67. The Morgan fingerprint density at radius 3 is 2.44 bits per heavy atom. The Morgan fingerprint density at radius 2 is 1.70 bits per heavy atom. The molecule has 43 heavy (non-hydrogen) atoms. The number of benzene rings is 3. The molecule has 1 aliphatic heterocycles. The van der Waals surface area contributed by atoms with Gasteiger partial charge in [0.25, 0.3) is 5.91 Å². The highest BCUT2D eigenvalue weighted by atomic mass is 32.2. The van der Waals surface area contributed by atoms with Crippen molar-refractivity contribution in [3.63, 3.8) is 0 Å². The van der Waals surface area contributed by atoms with E-state index in [1.54, 1.807) is 29.2 Å². The highest BCUT2D eigenvalue weighted by molar-refractivity contribution is 7.99. The van der Waals surface area contributed by atoms with E-state index in [1.165, 1.54) is 11.8 Å². The summed E-state index contributed by atoms with van der Waals surface area (Å²) in [5, 5.41) is 25.4. The van der Waals surface area contributed by atoms with Crippen LogP contribution in [0.15, 0.2) is 109 Å². The minimum atomic E-state index is -0.592. The van der Waals surface area contributed by atoms with Gasteiger partial charge in [-0.3, -0.25) is 9.78 Å². The minimum absolute atomic E-state index is 0.0119. The average Bonchev–Trinajstić information content (AvgIpc) is 3.56. The SMILES string of the molecule is O=C(NCc1ccc(C2OC(CSc3nnnn3-c3ccccc3)CC(c3ccc(CO)cc3)O2)cc1)c1cccnc1. The summed E-state index contributed by atoms with van der Waals surface area (Å²) in [6.07, 6.45) is 2.88. The Bertz CT molecular complexity index is 1620. The van der Waals surface area contributed by atoms with Gasteiger partial charge < -0.3 is 19.9 Å². The summed E-state index contributed by atoms with van der Waals surface area (Å²) in [6, 6.07) is 28.9. The van der Waals surface area contributed by atoms with Gasteiger partial charge in [-0.2, -0.15) is 4.68 Å². The first-order chi connectivity index (χ1) is 21.2. The van der Waals surface area contributed by atoms with Crippen LogP contribution in [0.5, 0.6) is 0 Å². The molecule has 11 heteroatoms. The quantitative estimate of drug-likeness (QED) is 0.219. The van der Waals surface area contributed by atoms with Gasteiger partial charge in [0.1, 0.15) is 0 Å². The summed E-state index contributed by atoms with van der Waals surface area (Å²) in [5.41, 5.74) is 5.10. The van der Waals surface area contributed by atoms with Gasteiger partial charge in [-0.05, 0) is 51.4 Å². The number of tetrazole rings is 1. The largest absolute Gasteiger partial charge is 0.392 e. The number of amides is 1. The summed E-state index contributed by atoms with van der Waals surface area (Å²) in [6.45, 7) is 0.373. The number of nitrogens with one attached hydrogen (secondary N) is 1. The molecule has 3 heterocycles. The molecule has 0 spiro atoms. The van der Waals surface area contributed by atoms with Gasteiger partial charge in [0.2, 0.25) is 5.16 Å². The number of ether oxygens (including phenoxy) is 2. The van der Waals surface area contributed by atoms with E-state index in [2.05, 4.69) is 25.8 Å². The molecular formula is C32H30N6O4S. The lowest BCUT2D eigenvalue weighted by Crippen LogP contribution is -2.31. The molecule has 2 N–H and O–H groups in total. The summed E-state index contributed by atoms with van der Waals surface area (Å²) in [7, 11) is 0. The molecule has 3 unspecified atom stereocenters.